The van der Waals surface area contributed by atoms with Gasteiger partial charge in [-0.3, -0.25) is 9.59 Å². The molecule has 176 valence electrons. The van der Waals surface area contributed by atoms with Crippen molar-refractivity contribution in [2.45, 2.75) is 19.5 Å². The second kappa shape index (κ2) is 8.09. The Morgan fingerprint density at radius 1 is 1.03 bits per heavy atom. The average Bonchev–Trinajstić information content (AvgIpc) is 3.44. The standard InChI is InChI=1S/C27H21NO7/c1-2-32-21-12-16(8-9-18(21)29)24-23-25(30)17-5-3-4-6-19(17)35-26(23)27(31)28(24)13-15-7-10-20-22(11-15)34-14-33-20/h3-12,24,29H,2,13-14H2,1H3/t24-/m1/s1. The van der Waals surface area contributed by atoms with Crippen LogP contribution in [0.2, 0.25) is 0 Å². The average molecular weight is 471 g/mol. The first-order valence-corrected chi connectivity index (χ1v) is 11.3. The van der Waals surface area contributed by atoms with E-state index in [2.05, 4.69) is 0 Å². The number of hydrogen-bond acceptors (Lipinski definition) is 7. The van der Waals surface area contributed by atoms with Crippen molar-refractivity contribution in [3.8, 4) is 23.0 Å². The van der Waals surface area contributed by atoms with Gasteiger partial charge in [-0.2, -0.15) is 0 Å². The second-order valence-corrected chi connectivity index (χ2v) is 8.35. The summed E-state index contributed by atoms with van der Waals surface area (Å²) in [6.07, 6.45) is 0. The predicted molar refractivity (Wildman–Crippen MR) is 126 cm³/mol. The van der Waals surface area contributed by atoms with Gasteiger partial charge in [0.1, 0.15) is 5.58 Å². The Balaban J connectivity index is 1.52. The highest BCUT2D eigenvalue weighted by atomic mass is 16.7. The topological polar surface area (TPSA) is 98.4 Å². The van der Waals surface area contributed by atoms with Crippen LogP contribution in [0, 0.1) is 0 Å². The van der Waals surface area contributed by atoms with Crippen molar-refractivity contribution in [2.24, 2.45) is 0 Å². The fraction of sp³-hybridized carbons (Fsp3) is 0.185. The molecule has 35 heavy (non-hydrogen) atoms. The van der Waals surface area contributed by atoms with E-state index in [9.17, 15) is 14.7 Å². The number of amides is 1. The van der Waals surface area contributed by atoms with Gasteiger partial charge in [-0.25, -0.2) is 0 Å². The monoisotopic (exact) mass is 471 g/mol. The van der Waals surface area contributed by atoms with Crippen molar-refractivity contribution >= 4 is 16.9 Å². The van der Waals surface area contributed by atoms with Crippen molar-refractivity contribution in [2.75, 3.05) is 13.4 Å². The van der Waals surface area contributed by atoms with E-state index in [1.54, 1.807) is 47.4 Å². The van der Waals surface area contributed by atoms with Gasteiger partial charge in [-0.1, -0.05) is 24.3 Å². The smallest absolute Gasteiger partial charge is 0.291 e. The van der Waals surface area contributed by atoms with E-state index in [0.717, 1.165) is 5.56 Å². The van der Waals surface area contributed by atoms with E-state index in [0.29, 0.717) is 34.6 Å². The lowest BCUT2D eigenvalue weighted by molar-refractivity contribution is 0.0714. The van der Waals surface area contributed by atoms with Gasteiger partial charge >= 0.3 is 0 Å². The molecule has 0 bridgehead atoms. The number of carbonyl (C=O) groups excluding carboxylic acids is 1. The minimum absolute atomic E-state index is 0.0190. The van der Waals surface area contributed by atoms with Crippen LogP contribution in [0.5, 0.6) is 23.0 Å². The third-order valence-corrected chi connectivity index (χ3v) is 6.26. The molecule has 1 aromatic heterocycles. The van der Waals surface area contributed by atoms with Crippen LogP contribution in [0.1, 0.15) is 40.2 Å². The Morgan fingerprint density at radius 3 is 2.71 bits per heavy atom. The van der Waals surface area contributed by atoms with Crippen LogP contribution in [0.3, 0.4) is 0 Å². The fourth-order valence-corrected chi connectivity index (χ4v) is 4.68. The van der Waals surface area contributed by atoms with Crippen LogP contribution in [-0.2, 0) is 6.54 Å². The Bertz CT molecular complexity index is 1540. The van der Waals surface area contributed by atoms with Gasteiger partial charge in [-0.05, 0) is 54.4 Å². The van der Waals surface area contributed by atoms with E-state index in [1.165, 1.54) is 6.07 Å². The van der Waals surface area contributed by atoms with Gasteiger partial charge < -0.3 is 28.6 Å². The molecule has 8 heteroatoms. The van der Waals surface area contributed by atoms with Crippen LogP contribution in [0.4, 0.5) is 0 Å². The summed E-state index contributed by atoms with van der Waals surface area (Å²) in [6, 6.07) is 16.5. The Kier molecular flexibility index (Phi) is 4.88. The lowest BCUT2D eigenvalue weighted by Gasteiger charge is -2.26. The van der Waals surface area contributed by atoms with Crippen molar-refractivity contribution in [3.63, 3.8) is 0 Å². The highest BCUT2D eigenvalue weighted by molar-refractivity contribution is 5.99. The van der Waals surface area contributed by atoms with Crippen LogP contribution in [0.25, 0.3) is 11.0 Å². The number of hydrogen-bond donors (Lipinski definition) is 1. The van der Waals surface area contributed by atoms with Crippen molar-refractivity contribution < 1.29 is 28.5 Å². The molecule has 0 radical (unpaired) electrons. The predicted octanol–water partition coefficient (Wildman–Crippen LogP) is 4.37. The lowest BCUT2D eigenvalue weighted by atomic mass is 9.97. The quantitative estimate of drug-likeness (QED) is 0.461. The van der Waals surface area contributed by atoms with E-state index in [1.807, 2.05) is 19.1 Å². The number of rotatable bonds is 5. The number of carbonyl (C=O) groups is 1. The van der Waals surface area contributed by atoms with Gasteiger partial charge in [0.25, 0.3) is 5.91 Å². The number of benzene rings is 3. The number of aromatic hydroxyl groups is 1. The summed E-state index contributed by atoms with van der Waals surface area (Å²) < 4.78 is 22.4. The van der Waals surface area contributed by atoms with Gasteiger partial charge in [0.05, 0.1) is 23.6 Å². The van der Waals surface area contributed by atoms with Crippen LogP contribution in [0.15, 0.2) is 69.9 Å². The normalized spacial score (nSPS) is 16.1. The molecule has 2 aliphatic heterocycles. The number of phenols is 1. The summed E-state index contributed by atoms with van der Waals surface area (Å²) >= 11 is 0. The molecule has 0 saturated heterocycles. The van der Waals surface area contributed by atoms with Gasteiger partial charge in [0.2, 0.25) is 12.6 Å². The third kappa shape index (κ3) is 3.37. The Labute approximate surface area is 199 Å². The van der Waals surface area contributed by atoms with Crippen molar-refractivity contribution in [1.82, 2.24) is 4.90 Å². The van der Waals surface area contributed by atoms with E-state index >= 15 is 0 Å². The zero-order chi connectivity index (χ0) is 24.1. The number of para-hydroxylation sites is 1. The maximum absolute atomic E-state index is 13.6. The molecule has 0 spiro atoms. The molecule has 3 heterocycles. The molecule has 1 N–H and O–H groups in total. The molecule has 1 amide bonds. The zero-order valence-electron chi connectivity index (χ0n) is 18.8. The van der Waals surface area contributed by atoms with Crippen LogP contribution >= 0.6 is 0 Å². The fourth-order valence-electron chi connectivity index (χ4n) is 4.68. The first-order chi connectivity index (χ1) is 17.0. The first kappa shape index (κ1) is 21.1. The molecule has 3 aromatic carbocycles. The lowest BCUT2D eigenvalue weighted by Crippen LogP contribution is -2.29. The van der Waals surface area contributed by atoms with Gasteiger partial charge in [0, 0.05) is 6.54 Å². The number of nitrogens with zero attached hydrogens (tertiary/aromatic N) is 1. The molecule has 0 aliphatic carbocycles. The zero-order valence-corrected chi connectivity index (χ0v) is 18.8. The summed E-state index contributed by atoms with van der Waals surface area (Å²) in [5.41, 5.74) is 1.79. The molecule has 2 aliphatic rings. The highest BCUT2D eigenvalue weighted by Gasteiger charge is 2.43. The number of fused-ring (bicyclic) bond motifs is 3. The van der Waals surface area contributed by atoms with E-state index in [4.69, 9.17) is 18.6 Å². The van der Waals surface area contributed by atoms with E-state index in [-0.39, 0.29) is 41.6 Å². The minimum Gasteiger partial charge on any atom is -0.504 e. The molecule has 0 unspecified atom stereocenters. The summed E-state index contributed by atoms with van der Waals surface area (Å²) in [4.78, 5) is 28.9. The largest absolute Gasteiger partial charge is 0.504 e. The summed E-state index contributed by atoms with van der Waals surface area (Å²) in [5.74, 6) is 1.13. The summed E-state index contributed by atoms with van der Waals surface area (Å²) in [6.45, 7) is 2.51. The molecule has 0 fully saturated rings. The summed E-state index contributed by atoms with van der Waals surface area (Å²) in [7, 11) is 0. The SMILES string of the molecule is CCOc1cc([C@@H]2c3c(oc4ccccc4c3=O)C(=O)N2Cc2ccc3c(c2)OCO3)ccc1O. The molecule has 1 atom stereocenters. The van der Waals surface area contributed by atoms with Crippen LogP contribution < -0.4 is 19.6 Å². The molecule has 0 saturated carbocycles. The second-order valence-electron chi connectivity index (χ2n) is 8.35. The van der Waals surface area contributed by atoms with Crippen molar-refractivity contribution in [1.29, 1.82) is 0 Å². The first-order valence-electron chi connectivity index (χ1n) is 11.3. The maximum atomic E-state index is 13.6. The van der Waals surface area contributed by atoms with Gasteiger partial charge in [-0.15, -0.1) is 0 Å². The van der Waals surface area contributed by atoms with Crippen molar-refractivity contribution in [3.05, 3.63) is 93.3 Å². The maximum Gasteiger partial charge on any atom is 0.291 e. The Hall–Kier alpha value is -4.46. The molecule has 6 rings (SSSR count). The van der Waals surface area contributed by atoms with E-state index < -0.39 is 11.9 Å². The highest BCUT2D eigenvalue weighted by Crippen LogP contribution is 2.42. The summed E-state index contributed by atoms with van der Waals surface area (Å²) in [5, 5.41) is 10.6. The minimum atomic E-state index is -0.733. The van der Waals surface area contributed by atoms with Crippen LogP contribution in [-0.4, -0.2) is 29.3 Å². The number of ether oxygens (including phenoxy) is 3. The van der Waals surface area contributed by atoms with Gasteiger partial charge in [0.15, 0.2) is 28.4 Å². The molecular weight excluding hydrogens is 450 g/mol. The number of phenolic OH excluding ortho intramolecular Hbond substituents is 1. The third-order valence-electron chi connectivity index (χ3n) is 6.26. The molecule has 4 aromatic rings. The molecular formula is C27H21NO7. The molecule has 8 nitrogen and oxygen atoms in total. The Morgan fingerprint density at radius 2 is 1.86 bits per heavy atom.